The number of ether oxygens (including phenoxy) is 1. The number of carbonyl (C=O) groups excluding carboxylic acids is 2. The molecule has 0 saturated heterocycles. The molecule has 1 amide bonds. The molecule has 0 radical (unpaired) electrons. The monoisotopic (exact) mass is 323 g/mol. The van der Waals surface area contributed by atoms with E-state index in [1.807, 2.05) is 24.3 Å². The number of benzene rings is 2. The lowest BCUT2D eigenvalue weighted by Crippen LogP contribution is -2.42. The summed E-state index contributed by atoms with van der Waals surface area (Å²) in [5.74, 6) is -0.590. The lowest BCUT2D eigenvalue weighted by molar-refractivity contribution is -0.140. The van der Waals surface area contributed by atoms with Crippen molar-refractivity contribution in [2.24, 2.45) is 0 Å². The number of hydrogen-bond acceptors (Lipinski definition) is 3. The van der Waals surface area contributed by atoms with Crippen LogP contribution in [0.25, 0.3) is 0 Å². The van der Waals surface area contributed by atoms with Gasteiger partial charge in [0, 0.05) is 20.0 Å². The van der Waals surface area contributed by atoms with E-state index >= 15 is 0 Å². The minimum atomic E-state index is -0.743. The van der Waals surface area contributed by atoms with Gasteiger partial charge in [-0.15, -0.1) is 0 Å². The van der Waals surface area contributed by atoms with Crippen LogP contribution in [-0.4, -0.2) is 29.9 Å². The van der Waals surface area contributed by atoms with Gasteiger partial charge in [0.2, 0.25) is 0 Å². The zero-order valence-electron chi connectivity index (χ0n) is 14.0. The van der Waals surface area contributed by atoms with Crippen LogP contribution in [0.15, 0.2) is 48.5 Å². The maximum atomic E-state index is 12.6. The molecular formula is C20H21NO3. The fourth-order valence-electron chi connectivity index (χ4n) is 2.95. The Morgan fingerprint density at radius 2 is 1.79 bits per heavy atom. The third-order valence-electron chi connectivity index (χ3n) is 4.39. The number of aryl methyl sites for hydroxylation is 1. The number of fused-ring (bicyclic) bond motifs is 1. The van der Waals surface area contributed by atoms with E-state index in [0.717, 1.165) is 17.5 Å². The highest BCUT2D eigenvalue weighted by Gasteiger charge is 2.32. The number of rotatable bonds is 4. The number of likely N-dealkylation sites (N-methyl/N-ethyl adjacent to an activating group) is 1. The Labute approximate surface area is 142 Å². The van der Waals surface area contributed by atoms with Crippen LogP contribution in [0.5, 0.6) is 0 Å². The highest BCUT2D eigenvalue weighted by atomic mass is 16.5. The largest absolute Gasteiger partial charge is 0.448 e. The summed E-state index contributed by atoms with van der Waals surface area (Å²) in [4.78, 5) is 26.3. The van der Waals surface area contributed by atoms with E-state index in [0.29, 0.717) is 18.5 Å². The first kappa shape index (κ1) is 16.2. The second kappa shape index (κ2) is 6.87. The Bertz CT molecular complexity index is 752. The second-order valence-electron chi connectivity index (χ2n) is 6.12. The smallest absolute Gasteiger partial charge is 0.339 e. The minimum absolute atomic E-state index is 0.169. The summed E-state index contributed by atoms with van der Waals surface area (Å²) in [5, 5.41) is 0. The summed E-state index contributed by atoms with van der Waals surface area (Å²) < 4.78 is 5.34. The Hall–Kier alpha value is -2.62. The second-order valence-corrected chi connectivity index (χ2v) is 6.12. The first-order valence-corrected chi connectivity index (χ1v) is 8.20. The van der Waals surface area contributed by atoms with E-state index in [9.17, 15) is 9.59 Å². The molecule has 0 saturated carbocycles. The van der Waals surface area contributed by atoms with Gasteiger partial charge in [-0.2, -0.15) is 0 Å². The quantitative estimate of drug-likeness (QED) is 0.813. The first-order valence-electron chi connectivity index (χ1n) is 8.20. The SMILES string of the molecule is CCc1ccc(CN(C)C(=O)C2Cc3ccccc3C(=O)O2)cc1. The van der Waals surface area contributed by atoms with Crippen molar-refractivity contribution in [3.63, 3.8) is 0 Å². The van der Waals surface area contributed by atoms with Crippen LogP contribution in [0.1, 0.15) is 34.0 Å². The molecule has 4 nitrogen and oxygen atoms in total. The molecule has 0 aromatic heterocycles. The average molecular weight is 323 g/mol. The molecule has 2 aromatic rings. The predicted molar refractivity (Wildman–Crippen MR) is 91.6 cm³/mol. The molecule has 24 heavy (non-hydrogen) atoms. The number of carbonyl (C=O) groups is 2. The molecule has 1 unspecified atom stereocenters. The van der Waals surface area contributed by atoms with Gasteiger partial charge in [-0.3, -0.25) is 4.79 Å². The summed E-state index contributed by atoms with van der Waals surface area (Å²) in [6.07, 6.45) is 0.680. The van der Waals surface area contributed by atoms with Crippen LogP contribution in [0, 0.1) is 0 Å². The van der Waals surface area contributed by atoms with E-state index in [1.54, 1.807) is 24.1 Å². The summed E-state index contributed by atoms with van der Waals surface area (Å²) in [7, 11) is 1.74. The van der Waals surface area contributed by atoms with Crippen molar-refractivity contribution in [1.29, 1.82) is 0 Å². The van der Waals surface area contributed by atoms with Crippen LogP contribution in [0.4, 0.5) is 0 Å². The summed E-state index contributed by atoms with van der Waals surface area (Å²) in [6, 6.07) is 15.5. The number of cyclic esters (lactones) is 1. The van der Waals surface area contributed by atoms with Gasteiger partial charge in [-0.05, 0) is 29.2 Å². The Morgan fingerprint density at radius 3 is 2.50 bits per heavy atom. The Kier molecular flexibility index (Phi) is 4.65. The van der Waals surface area contributed by atoms with Crippen LogP contribution in [-0.2, 0) is 28.9 Å². The van der Waals surface area contributed by atoms with Crippen molar-refractivity contribution in [1.82, 2.24) is 4.90 Å². The summed E-state index contributed by atoms with van der Waals surface area (Å²) in [6.45, 7) is 2.61. The molecule has 0 N–H and O–H groups in total. The van der Waals surface area contributed by atoms with Crippen molar-refractivity contribution in [2.75, 3.05) is 7.05 Å². The topological polar surface area (TPSA) is 46.6 Å². The van der Waals surface area contributed by atoms with E-state index in [2.05, 4.69) is 19.1 Å². The molecule has 0 fully saturated rings. The lowest BCUT2D eigenvalue weighted by Gasteiger charge is -2.27. The maximum absolute atomic E-state index is 12.6. The van der Waals surface area contributed by atoms with Crippen molar-refractivity contribution >= 4 is 11.9 Å². The van der Waals surface area contributed by atoms with E-state index in [-0.39, 0.29) is 5.91 Å². The number of esters is 1. The third-order valence-corrected chi connectivity index (χ3v) is 4.39. The highest BCUT2D eigenvalue weighted by molar-refractivity contribution is 5.95. The molecular weight excluding hydrogens is 302 g/mol. The lowest BCUT2D eigenvalue weighted by atomic mass is 9.98. The molecule has 1 atom stereocenters. The molecule has 124 valence electrons. The van der Waals surface area contributed by atoms with E-state index in [4.69, 9.17) is 4.74 Å². The molecule has 1 aliphatic rings. The maximum Gasteiger partial charge on any atom is 0.339 e. The molecule has 1 heterocycles. The highest BCUT2D eigenvalue weighted by Crippen LogP contribution is 2.22. The van der Waals surface area contributed by atoms with Gasteiger partial charge in [0.25, 0.3) is 5.91 Å². The number of amides is 1. The fraction of sp³-hybridized carbons (Fsp3) is 0.300. The van der Waals surface area contributed by atoms with Crippen LogP contribution < -0.4 is 0 Å². The molecule has 0 spiro atoms. The molecule has 0 bridgehead atoms. The molecule has 2 aromatic carbocycles. The molecule has 3 rings (SSSR count). The van der Waals surface area contributed by atoms with Crippen LogP contribution >= 0.6 is 0 Å². The predicted octanol–water partition coefficient (Wildman–Crippen LogP) is 2.99. The Morgan fingerprint density at radius 1 is 1.12 bits per heavy atom. The normalized spacial score (nSPS) is 16.2. The van der Waals surface area contributed by atoms with Crippen molar-refractivity contribution in [3.8, 4) is 0 Å². The van der Waals surface area contributed by atoms with Gasteiger partial charge in [-0.25, -0.2) is 4.79 Å². The third kappa shape index (κ3) is 3.32. The van der Waals surface area contributed by atoms with Gasteiger partial charge < -0.3 is 9.64 Å². The first-order chi connectivity index (χ1) is 11.6. The average Bonchev–Trinajstić information content (AvgIpc) is 2.61. The van der Waals surface area contributed by atoms with Gasteiger partial charge in [0.05, 0.1) is 5.56 Å². The molecule has 1 aliphatic heterocycles. The van der Waals surface area contributed by atoms with Gasteiger partial charge in [0.15, 0.2) is 6.10 Å². The van der Waals surface area contributed by atoms with Crippen LogP contribution in [0.3, 0.4) is 0 Å². The fourth-order valence-corrected chi connectivity index (χ4v) is 2.95. The molecule has 0 aliphatic carbocycles. The van der Waals surface area contributed by atoms with Crippen molar-refractivity contribution < 1.29 is 14.3 Å². The summed E-state index contributed by atoms with van der Waals surface area (Å²) in [5.41, 5.74) is 3.75. The van der Waals surface area contributed by atoms with Gasteiger partial charge >= 0.3 is 5.97 Å². The van der Waals surface area contributed by atoms with Crippen molar-refractivity contribution in [2.45, 2.75) is 32.4 Å². The van der Waals surface area contributed by atoms with E-state index in [1.165, 1.54) is 5.56 Å². The zero-order chi connectivity index (χ0) is 17.1. The summed E-state index contributed by atoms with van der Waals surface area (Å²) >= 11 is 0. The van der Waals surface area contributed by atoms with E-state index < -0.39 is 12.1 Å². The van der Waals surface area contributed by atoms with Gasteiger partial charge in [0.1, 0.15) is 0 Å². The van der Waals surface area contributed by atoms with Crippen LogP contribution in [0.2, 0.25) is 0 Å². The number of nitrogens with zero attached hydrogens (tertiary/aromatic N) is 1. The minimum Gasteiger partial charge on any atom is -0.448 e. The van der Waals surface area contributed by atoms with Crippen molar-refractivity contribution in [3.05, 3.63) is 70.8 Å². The zero-order valence-corrected chi connectivity index (χ0v) is 14.0. The van der Waals surface area contributed by atoms with Gasteiger partial charge in [-0.1, -0.05) is 49.4 Å². The number of hydrogen-bond donors (Lipinski definition) is 0. The molecule has 4 heteroatoms. The standard InChI is InChI=1S/C20H21NO3/c1-3-14-8-10-15(11-9-14)13-21(2)19(22)18-12-16-6-4-5-7-17(16)20(23)24-18/h4-11,18H,3,12-13H2,1-2H3. The Balaban J connectivity index is 1.68.